The van der Waals surface area contributed by atoms with Gasteiger partial charge in [0.25, 0.3) is 0 Å². The zero-order valence-electron chi connectivity index (χ0n) is 13.0. The number of H-pyrrole nitrogens is 1. The van der Waals surface area contributed by atoms with Crippen LogP contribution in [0, 0.1) is 5.82 Å². The van der Waals surface area contributed by atoms with Crippen LogP contribution in [0.2, 0.25) is 0 Å². The van der Waals surface area contributed by atoms with Crippen LogP contribution in [0.25, 0.3) is 0 Å². The molecule has 3 amide bonds. The van der Waals surface area contributed by atoms with Crippen LogP contribution in [-0.2, 0) is 11.3 Å². The van der Waals surface area contributed by atoms with Crippen LogP contribution in [0.1, 0.15) is 18.5 Å². The second-order valence-corrected chi connectivity index (χ2v) is 5.57. The molecule has 1 saturated heterocycles. The third-order valence-corrected chi connectivity index (χ3v) is 3.86. The van der Waals surface area contributed by atoms with Gasteiger partial charge in [0.1, 0.15) is 11.9 Å². The van der Waals surface area contributed by atoms with E-state index in [4.69, 9.17) is 0 Å². The summed E-state index contributed by atoms with van der Waals surface area (Å²) in [7, 11) is 0. The molecule has 0 spiro atoms. The SMILES string of the molecule is O=C(NCc1ccn[nH]1)N[C@@H]1CCCN(c2cccc(F)c2)C1=O. The maximum absolute atomic E-state index is 13.4. The number of hydrogen-bond acceptors (Lipinski definition) is 3. The lowest BCUT2D eigenvalue weighted by Crippen LogP contribution is -2.54. The number of carbonyl (C=O) groups excluding carboxylic acids is 2. The molecule has 0 saturated carbocycles. The van der Waals surface area contributed by atoms with Crippen molar-refractivity contribution in [3.8, 4) is 0 Å². The maximum Gasteiger partial charge on any atom is 0.315 e. The summed E-state index contributed by atoms with van der Waals surface area (Å²) in [5.41, 5.74) is 1.27. The third-order valence-electron chi connectivity index (χ3n) is 3.86. The van der Waals surface area contributed by atoms with Gasteiger partial charge in [-0.25, -0.2) is 9.18 Å². The zero-order valence-corrected chi connectivity index (χ0v) is 13.0. The van der Waals surface area contributed by atoms with Crippen molar-refractivity contribution in [1.82, 2.24) is 20.8 Å². The first-order valence-corrected chi connectivity index (χ1v) is 7.73. The Labute approximate surface area is 138 Å². The number of halogens is 1. The number of nitrogens with one attached hydrogen (secondary N) is 3. The van der Waals surface area contributed by atoms with E-state index in [1.807, 2.05) is 0 Å². The molecule has 1 fully saturated rings. The lowest BCUT2D eigenvalue weighted by molar-refractivity contribution is -0.121. The third kappa shape index (κ3) is 3.70. The van der Waals surface area contributed by atoms with Crippen molar-refractivity contribution in [3.63, 3.8) is 0 Å². The molecule has 3 rings (SSSR count). The molecule has 0 bridgehead atoms. The van der Waals surface area contributed by atoms with E-state index in [9.17, 15) is 14.0 Å². The lowest BCUT2D eigenvalue weighted by Gasteiger charge is -2.32. The molecule has 7 nitrogen and oxygen atoms in total. The number of carbonyl (C=O) groups is 2. The first-order valence-electron chi connectivity index (χ1n) is 7.73. The summed E-state index contributed by atoms with van der Waals surface area (Å²) in [6.45, 7) is 0.802. The molecule has 1 aromatic heterocycles. The van der Waals surface area contributed by atoms with Crippen LogP contribution in [0.3, 0.4) is 0 Å². The molecule has 2 heterocycles. The summed E-state index contributed by atoms with van der Waals surface area (Å²) in [6, 6.07) is 6.59. The fourth-order valence-electron chi connectivity index (χ4n) is 2.68. The molecule has 2 aromatic rings. The number of aromatic amines is 1. The van der Waals surface area contributed by atoms with Gasteiger partial charge in [0, 0.05) is 18.4 Å². The van der Waals surface area contributed by atoms with Crippen LogP contribution in [0.5, 0.6) is 0 Å². The Balaban J connectivity index is 1.59. The molecule has 0 aliphatic carbocycles. The second-order valence-electron chi connectivity index (χ2n) is 5.57. The van der Waals surface area contributed by atoms with Gasteiger partial charge in [-0.2, -0.15) is 5.10 Å². The van der Waals surface area contributed by atoms with Crippen LogP contribution in [-0.4, -0.2) is 34.7 Å². The minimum absolute atomic E-state index is 0.233. The van der Waals surface area contributed by atoms with Crippen molar-refractivity contribution < 1.29 is 14.0 Å². The number of rotatable bonds is 4. The Morgan fingerprint density at radius 2 is 2.29 bits per heavy atom. The molecule has 8 heteroatoms. The van der Waals surface area contributed by atoms with E-state index in [0.29, 0.717) is 25.2 Å². The minimum Gasteiger partial charge on any atom is -0.333 e. The van der Waals surface area contributed by atoms with Crippen molar-refractivity contribution >= 4 is 17.6 Å². The fourth-order valence-corrected chi connectivity index (χ4v) is 2.68. The van der Waals surface area contributed by atoms with Crippen molar-refractivity contribution in [3.05, 3.63) is 48.0 Å². The molecular formula is C16H18FN5O2. The predicted molar refractivity (Wildman–Crippen MR) is 85.7 cm³/mol. The predicted octanol–water partition coefficient (Wildman–Crippen LogP) is 1.54. The summed E-state index contributed by atoms with van der Waals surface area (Å²) in [5, 5.41) is 11.9. The highest BCUT2D eigenvalue weighted by molar-refractivity contribution is 5.99. The first kappa shape index (κ1) is 16.0. The average Bonchev–Trinajstić information content (AvgIpc) is 3.08. The Morgan fingerprint density at radius 1 is 1.42 bits per heavy atom. The van der Waals surface area contributed by atoms with E-state index >= 15 is 0 Å². The first-order chi connectivity index (χ1) is 11.6. The normalized spacial score (nSPS) is 17.6. The Bertz CT molecular complexity index is 719. The number of anilines is 1. The number of hydrogen-bond donors (Lipinski definition) is 3. The number of nitrogens with zero attached hydrogens (tertiary/aromatic N) is 2. The highest BCUT2D eigenvalue weighted by Crippen LogP contribution is 2.21. The van der Waals surface area contributed by atoms with E-state index in [0.717, 1.165) is 12.1 Å². The van der Waals surface area contributed by atoms with Gasteiger partial charge >= 0.3 is 6.03 Å². The van der Waals surface area contributed by atoms with Gasteiger partial charge in [-0.05, 0) is 37.1 Å². The van der Waals surface area contributed by atoms with Gasteiger partial charge in [0.05, 0.1) is 12.2 Å². The molecule has 1 aliphatic rings. The van der Waals surface area contributed by atoms with Crippen LogP contribution in [0.15, 0.2) is 36.5 Å². The quantitative estimate of drug-likeness (QED) is 0.794. The number of aromatic nitrogens is 2. The molecule has 1 aliphatic heterocycles. The molecule has 126 valence electrons. The van der Waals surface area contributed by atoms with Crippen molar-refractivity contribution in [2.45, 2.75) is 25.4 Å². The highest BCUT2D eigenvalue weighted by Gasteiger charge is 2.30. The standard InChI is InChI=1S/C16H18FN5O2/c17-11-3-1-4-13(9-11)22-8-2-5-14(15(22)23)20-16(24)18-10-12-6-7-19-21-12/h1,3-4,6-7,9,14H,2,5,8,10H2,(H,19,21)(H2,18,20,24)/t14-/m1/s1. The summed E-state index contributed by atoms with van der Waals surface area (Å²) < 4.78 is 13.4. The Morgan fingerprint density at radius 3 is 3.04 bits per heavy atom. The zero-order chi connectivity index (χ0) is 16.9. The minimum atomic E-state index is -0.621. The van der Waals surface area contributed by atoms with Gasteiger partial charge in [-0.3, -0.25) is 9.89 Å². The number of benzene rings is 1. The van der Waals surface area contributed by atoms with E-state index in [1.54, 1.807) is 24.4 Å². The van der Waals surface area contributed by atoms with E-state index in [2.05, 4.69) is 20.8 Å². The monoisotopic (exact) mass is 331 g/mol. The molecule has 0 unspecified atom stereocenters. The van der Waals surface area contributed by atoms with Gasteiger partial charge < -0.3 is 15.5 Å². The Kier molecular flexibility index (Phi) is 4.74. The van der Waals surface area contributed by atoms with Gasteiger partial charge in [-0.15, -0.1) is 0 Å². The van der Waals surface area contributed by atoms with Crippen molar-refractivity contribution in [1.29, 1.82) is 0 Å². The highest BCUT2D eigenvalue weighted by atomic mass is 19.1. The molecule has 1 aromatic carbocycles. The average molecular weight is 331 g/mol. The molecule has 3 N–H and O–H groups in total. The maximum atomic E-state index is 13.4. The molecule has 24 heavy (non-hydrogen) atoms. The van der Waals surface area contributed by atoms with Gasteiger partial charge in [0.2, 0.25) is 5.91 Å². The smallest absolute Gasteiger partial charge is 0.315 e. The van der Waals surface area contributed by atoms with Crippen LogP contribution >= 0.6 is 0 Å². The molecule has 0 radical (unpaired) electrons. The number of piperidine rings is 1. The van der Waals surface area contributed by atoms with Crippen molar-refractivity contribution in [2.24, 2.45) is 0 Å². The fraction of sp³-hybridized carbons (Fsp3) is 0.312. The number of urea groups is 1. The largest absolute Gasteiger partial charge is 0.333 e. The lowest BCUT2D eigenvalue weighted by atomic mass is 10.0. The summed E-state index contributed by atoms with van der Waals surface area (Å²) in [5.74, 6) is -0.628. The summed E-state index contributed by atoms with van der Waals surface area (Å²) >= 11 is 0. The summed E-state index contributed by atoms with van der Waals surface area (Å²) in [6.07, 6.45) is 2.88. The van der Waals surface area contributed by atoms with Crippen molar-refractivity contribution in [2.75, 3.05) is 11.4 Å². The Hall–Kier alpha value is -2.90. The molecular weight excluding hydrogens is 313 g/mol. The van der Waals surface area contributed by atoms with E-state index in [1.165, 1.54) is 17.0 Å². The number of amides is 3. The van der Waals surface area contributed by atoms with Crippen LogP contribution in [0.4, 0.5) is 14.9 Å². The second kappa shape index (κ2) is 7.12. The molecule has 1 atom stereocenters. The van der Waals surface area contributed by atoms with Crippen LogP contribution < -0.4 is 15.5 Å². The van der Waals surface area contributed by atoms with Gasteiger partial charge in [0.15, 0.2) is 0 Å². The van der Waals surface area contributed by atoms with Gasteiger partial charge in [-0.1, -0.05) is 6.07 Å². The topological polar surface area (TPSA) is 90.1 Å². The van der Waals surface area contributed by atoms with E-state index < -0.39 is 17.9 Å². The summed E-state index contributed by atoms with van der Waals surface area (Å²) in [4.78, 5) is 26.0. The van der Waals surface area contributed by atoms with E-state index in [-0.39, 0.29) is 5.91 Å².